The molecule has 1 aromatic rings. The van der Waals surface area contributed by atoms with Crippen LogP contribution >= 0.6 is 7.60 Å². The smallest absolute Gasteiger partial charge is 0.324 e. The van der Waals surface area contributed by atoms with E-state index in [4.69, 9.17) is 9.79 Å². The summed E-state index contributed by atoms with van der Waals surface area (Å²) in [6.45, 7) is 0. The second-order valence-electron chi connectivity index (χ2n) is 2.86. The number of Topliss-reactive ketones (excluding diaryl/α,β-unsaturated/α-hetero) is 1. The molecule has 0 radical (unpaired) electrons. The SMILES string of the molecule is O=C(C#Cc1ccccc1)CP(=O)(O)O. The lowest BCUT2D eigenvalue weighted by atomic mass is 10.2. The number of hydrogen-bond acceptors (Lipinski definition) is 2. The van der Waals surface area contributed by atoms with E-state index in [0.29, 0.717) is 5.56 Å². The molecule has 0 aliphatic rings. The van der Waals surface area contributed by atoms with E-state index in [2.05, 4.69) is 11.8 Å². The van der Waals surface area contributed by atoms with Gasteiger partial charge in [-0.05, 0) is 18.1 Å². The van der Waals surface area contributed by atoms with E-state index >= 15 is 0 Å². The molecule has 0 fully saturated rings. The Balaban J connectivity index is 2.68. The topological polar surface area (TPSA) is 74.6 Å². The third-order valence-corrected chi connectivity index (χ3v) is 2.17. The van der Waals surface area contributed by atoms with E-state index < -0.39 is 19.5 Å². The van der Waals surface area contributed by atoms with Crippen molar-refractivity contribution in [1.29, 1.82) is 0 Å². The Morgan fingerprint density at radius 3 is 2.40 bits per heavy atom. The predicted molar refractivity (Wildman–Crippen MR) is 55.2 cm³/mol. The molecule has 0 saturated heterocycles. The lowest BCUT2D eigenvalue weighted by Crippen LogP contribution is -2.01. The van der Waals surface area contributed by atoms with Gasteiger partial charge in [0.2, 0.25) is 5.78 Å². The second kappa shape index (κ2) is 4.90. The van der Waals surface area contributed by atoms with E-state index in [9.17, 15) is 9.36 Å². The van der Waals surface area contributed by atoms with Gasteiger partial charge >= 0.3 is 7.60 Å². The van der Waals surface area contributed by atoms with Crippen LogP contribution in [0.25, 0.3) is 0 Å². The summed E-state index contributed by atoms with van der Waals surface area (Å²) in [4.78, 5) is 28.0. The van der Waals surface area contributed by atoms with Crippen molar-refractivity contribution in [2.45, 2.75) is 0 Å². The molecule has 1 aromatic carbocycles. The molecule has 4 nitrogen and oxygen atoms in total. The molecule has 0 bridgehead atoms. The molecule has 0 aliphatic carbocycles. The van der Waals surface area contributed by atoms with Crippen LogP contribution in [0.1, 0.15) is 5.56 Å². The molecular weight excluding hydrogens is 215 g/mol. The summed E-state index contributed by atoms with van der Waals surface area (Å²) in [6, 6.07) is 8.74. The maximum Gasteiger partial charge on any atom is 0.333 e. The molecule has 0 aliphatic heterocycles. The molecule has 0 atom stereocenters. The fourth-order valence-electron chi connectivity index (χ4n) is 0.890. The van der Waals surface area contributed by atoms with Crippen molar-refractivity contribution in [3.8, 4) is 11.8 Å². The van der Waals surface area contributed by atoms with Crippen LogP contribution in [-0.2, 0) is 9.36 Å². The van der Waals surface area contributed by atoms with Gasteiger partial charge in [0.25, 0.3) is 0 Å². The Labute approximate surface area is 87.1 Å². The van der Waals surface area contributed by atoms with E-state index in [1.165, 1.54) is 0 Å². The van der Waals surface area contributed by atoms with Crippen LogP contribution in [0.2, 0.25) is 0 Å². The van der Waals surface area contributed by atoms with Gasteiger partial charge in [-0.15, -0.1) is 0 Å². The third kappa shape index (κ3) is 5.14. The summed E-state index contributed by atoms with van der Waals surface area (Å²) in [7, 11) is -4.30. The monoisotopic (exact) mass is 224 g/mol. The van der Waals surface area contributed by atoms with E-state index in [0.717, 1.165) is 0 Å². The number of benzene rings is 1. The average Bonchev–Trinajstić information content (AvgIpc) is 2.14. The highest BCUT2D eigenvalue weighted by Crippen LogP contribution is 2.33. The van der Waals surface area contributed by atoms with Gasteiger partial charge in [-0.2, -0.15) is 0 Å². The van der Waals surface area contributed by atoms with Crippen LogP contribution < -0.4 is 0 Å². The first-order valence-corrected chi connectivity index (χ1v) is 5.91. The number of rotatable bonds is 2. The summed E-state index contributed by atoms with van der Waals surface area (Å²) in [5.74, 6) is 3.94. The summed E-state index contributed by atoms with van der Waals surface area (Å²) in [6.07, 6.45) is -0.827. The Hall–Kier alpha value is -1.40. The summed E-state index contributed by atoms with van der Waals surface area (Å²) >= 11 is 0. The van der Waals surface area contributed by atoms with Gasteiger partial charge in [0, 0.05) is 5.56 Å². The molecule has 78 valence electrons. The molecule has 0 spiro atoms. The molecule has 0 heterocycles. The zero-order valence-corrected chi connectivity index (χ0v) is 8.65. The van der Waals surface area contributed by atoms with Crippen LogP contribution in [0, 0.1) is 11.8 Å². The van der Waals surface area contributed by atoms with Crippen LogP contribution in [0.3, 0.4) is 0 Å². The van der Waals surface area contributed by atoms with Crippen LogP contribution in [0.15, 0.2) is 30.3 Å². The fraction of sp³-hybridized carbons (Fsp3) is 0.100. The summed E-state index contributed by atoms with van der Waals surface area (Å²) in [5, 5.41) is 0. The number of ketones is 1. The molecule has 1 rings (SSSR count). The average molecular weight is 224 g/mol. The van der Waals surface area contributed by atoms with Crippen molar-refractivity contribution in [2.24, 2.45) is 0 Å². The number of carbonyl (C=O) groups excluding carboxylic acids is 1. The highest BCUT2D eigenvalue weighted by Gasteiger charge is 2.17. The van der Waals surface area contributed by atoms with Gasteiger partial charge in [-0.25, -0.2) is 0 Å². The first-order chi connectivity index (χ1) is 6.97. The minimum Gasteiger partial charge on any atom is -0.324 e. The highest BCUT2D eigenvalue weighted by atomic mass is 31.2. The largest absolute Gasteiger partial charge is 0.333 e. The normalized spacial score (nSPS) is 10.3. The minimum atomic E-state index is -4.30. The molecular formula is C10H9O4P. The van der Waals surface area contributed by atoms with Crippen LogP contribution in [-0.4, -0.2) is 21.7 Å². The van der Waals surface area contributed by atoms with Crippen LogP contribution in [0.5, 0.6) is 0 Å². The molecule has 0 saturated carbocycles. The number of carbonyl (C=O) groups is 1. The molecule has 0 aromatic heterocycles. The Kier molecular flexibility index (Phi) is 3.81. The molecule has 2 N–H and O–H groups in total. The van der Waals surface area contributed by atoms with Crippen LogP contribution in [0.4, 0.5) is 0 Å². The molecule has 0 unspecified atom stereocenters. The quantitative estimate of drug-likeness (QED) is 0.575. The third-order valence-electron chi connectivity index (χ3n) is 1.47. The predicted octanol–water partition coefficient (Wildman–Crippen LogP) is 0.785. The Morgan fingerprint density at radius 2 is 1.87 bits per heavy atom. The van der Waals surface area contributed by atoms with Crippen molar-refractivity contribution < 1.29 is 19.1 Å². The van der Waals surface area contributed by atoms with Gasteiger partial charge in [0.1, 0.15) is 6.16 Å². The van der Waals surface area contributed by atoms with Gasteiger partial charge in [0.15, 0.2) is 0 Å². The maximum atomic E-state index is 11.0. The second-order valence-corrected chi connectivity index (χ2v) is 4.51. The zero-order chi connectivity index (χ0) is 11.3. The van der Waals surface area contributed by atoms with E-state index in [-0.39, 0.29) is 0 Å². The summed E-state index contributed by atoms with van der Waals surface area (Å²) < 4.78 is 10.5. The fourth-order valence-corrected chi connectivity index (χ4v) is 1.34. The maximum absolute atomic E-state index is 11.0. The Bertz CT molecular complexity index is 449. The van der Waals surface area contributed by atoms with Crippen molar-refractivity contribution in [2.75, 3.05) is 6.16 Å². The van der Waals surface area contributed by atoms with Gasteiger partial charge in [-0.1, -0.05) is 24.1 Å². The van der Waals surface area contributed by atoms with Crippen molar-refractivity contribution in [1.82, 2.24) is 0 Å². The van der Waals surface area contributed by atoms with Crippen molar-refractivity contribution >= 4 is 13.4 Å². The first-order valence-electron chi connectivity index (χ1n) is 4.12. The highest BCUT2D eigenvalue weighted by molar-refractivity contribution is 7.52. The first kappa shape index (κ1) is 11.7. The standard InChI is InChI=1S/C10H9O4P/c11-10(8-15(12,13)14)7-6-9-4-2-1-3-5-9/h1-5H,8H2,(H2,12,13,14). The molecule has 0 amide bonds. The van der Waals surface area contributed by atoms with Gasteiger partial charge in [-0.3, -0.25) is 9.36 Å². The van der Waals surface area contributed by atoms with Crippen molar-refractivity contribution in [3.05, 3.63) is 35.9 Å². The lowest BCUT2D eigenvalue weighted by molar-refractivity contribution is -0.111. The van der Waals surface area contributed by atoms with Gasteiger partial charge < -0.3 is 9.79 Å². The van der Waals surface area contributed by atoms with Gasteiger partial charge in [0.05, 0.1) is 0 Å². The zero-order valence-electron chi connectivity index (χ0n) is 7.75. The molecule has 5 heteroatoms. The van der Waals surface area contributed by atoms with E-state index in [1.54, 1.807) is 24.3 Å². The molecule has 15 heavy (non-hydrogen) atoms. The van der Waals surface area contributed by atoms with E-state index in [1.807, 2.05) is 6.07 Å². The summed E-state index contributed by atoms with van der Waals surface area (Å²) in [5.41, 5.74) is 0.636. The minimum absolute atomic E-state index is 0.636. The van der Waals surface area contributed by atoms with Crippen molar-refractivity contribution in [3.63, 3.8) is 0 Å². The Morgan fingerprint density at radius 1 is 1.27 bits per heavy atom. The number of hydrogen-bond donors (Lipinski definition) is 2. The lowest BCUT2D eigenvalue weighted by Gasteiger charge is -1.96.